The van der Waals surface area contributed by atoms with Gasteiger partial charge < -0.3 is 9.80 Å². The first-order valence-corrected chi connectivity index (χ1v) is 7.14. The topological polar surface area (TPSA) is 22.6 Å². The summed E-state index contributed by atoms with van der Waals surface area (Å²) in [6.45, 7) is 6.62. The summed E-state index contributed by atoms with van der Waals surface area (Å²) in [6, 6.07) is 0. The van der Waals surface area contributed by atoms with Gasteiger partial charge in [0.1, 0.15) is 5.15 Å². The second-order valence-corrected chi connectivity index (χ2v) is 5.81. The van der Waals surface area contributed by atoms with E-state index in [1.54, 1.807) is 11.3 Å². The van der Waals surface area contributed by atoms with Gasteiger partial charge in [0.2, 0.25) is 0 Å². The molecule has 0 spiro atoms. The van der Waals surface area contributed by atoms with Gasteiger partial charge in [0.25, 0.3) is 0 Å². The molecule has 0 atom stereocenters. The fourth-order valence-electron chi connectivity index (χ4n) is 1.89. The molecule has 0 saturated carbocycles. The van der Waals surface area contributed by atoms with Crippen LogP contribution in [0.4, 0.5) is 5.13 Å². The average Bonchev–Trinajstić information content (AvgIpc) is 2.74. The van der Waals surface area contributed by atoms with Crippen molar-refractivity contribution in [2.75, 3.05) is 58.3 Å². The molecule has 1 aliphatic rings. The molecule has 0 unspecified atom stereocenters. The number of likely N-dealkylation sites (N-methyl/N-ethyl adjacent to an activating group) is 1. The van der Waals surface area contributed by atoms with Crippen LogP contribution in [0.5, 0.6) is 0 Å². The minimum Gasteiger partial charge on any atom is -0.345 e. The van der Waals surface area contributed by atoms with Crippen LogP contribution in [-0.4, -0.2) is 68.1 Å². The molecule has 17 heavy (non-hydrogen) atoms. The Bertz CT molecular complexity index is 347. The maximum Gasteiger partial charge on any atom is 0.186 e. The Labute approximate surface area is 112 Å². The van der Waals surface area contributed by atoms with Crippen molar-refractivity contribution in [1.29, 1.82) is 0 Å². The Balaban J connectivity index is 1.78. The monoisotopic (exact) mass is 274 g/mol. The minimum absolute atomic E-state index is 0.611. The number of rotatable bonds is 4. The SMILES string of the molecule is CN(C)CCN1CCN(c2nc(Cl)cs2)CC1. The Morgan fingerprint density at radius 1 is 1.35 bits per heavy atom. The number of anilines is 1. The molecule has 96 valence electrons. The van der Waals surface area contributed by atoms with Gasteiger partial charge in [0.05, 0.1) is 0 Å². The van der Waals surface area contributed by atoms with E-state index in [4.69, 9.17) is 11.6 Å². The van der Waals surface area contributed by atoms with Crippen LogP contribution in [0, 0.1) is 0 Å². The van der Waals surface area contributed by atoms with E-state index >= 15 is 0 Å². The summed E-state index contributed by atoms with van der Waals surface area (Å²) in [4.78, 5) is 11.4. The zero-order chi connectivity index (χ0) is 12.3. The molecule has 6 heteroatoms. The first-order valence-electron chi connectivity index (χ1n) is 5.88. The molecule has 0 bridgehead atoms. The third-order valence-corrected chi connectivity index (χ3v) is 4.19. The highest BCUT2D eigenvalue weighted by Crippen LogP contribution is 2.24. The summed E-state index contributed by atoms with van der Waals surface area (Å²) >= 11 is 7.48. The highest BCUT2D eigenvalue weighted by Gasteiger charge is 2.18. The predicted octanol–water partition coefficient (Wildman–Crippen LogP) is 1.48. The van der Waals surface area contributed by atoms with E-state index in [9.17, 15) is 0 Å². The van der Waals surface area contributed by atoms with Gasteiger partial charge in [-0.15, -0.1) is 11.3 Å². The van der Waals surface area contributed by atoms with E-state index in [-0.39, 0.29) is 0 Å². The third kappa shape index (κ3) is 3.81. The van der Waals surface area contributed by atoms with Gasteiger partial charge in [-0.1, -0.05) is 11.6 Å². The molecule has 0 amide bonds. The lowest BCUT2D eigenvalue weighted by Crippen LogP contribution is -2.48. The van der Waals surface area contributed by atoms with E-state index < -0.39 is 0 Å². The summed E-state index contributed by atoms with van der Waals surface area (Å²) in [7, 11) is 4.24. The van der Waals surface area contributed by atoms with Crippen molar-refractivity contribution in [3.05, 3.63) is 10.5 Å². The Hall–Kier alpha value is -0.360. The molecule has 4 nitrogen and oxygen atoms in total. The zero-order valence-electron chi connectivity index (χ0n) is 10.4. The van der Waals surface area contributed by atoms with Gasteiger partial charge in [-0.2, -0.15) is 0 Å². The van der Waals surface area contributed by atoms with Gasteiger partial charge in [0, 0.05) is 44.6 Å². The van der Waals surface area contributed by atoms with Crippen LogP contribution in [-0.2, 0) is 0 Å². The van der Waals surface area contributed by atoms with Crippen molar-refractivity contribution >= 4 is 28.1 Å². The first kappa shape index (κ1) is 13.1. The molecule has 1 fully saturated rings. The predicted molar refractivity (Wildman–Crippen MR) is 74.3 cm³/mol. The molecule has 0 radical (unpaired) electrons. The van der Waals surface area contributed by atoms with Crippen LogP contribution in [0.1, 0.15) is 0 Å². The number of hydrogen-bond acceptors (Lipinski definition) is 5. The highest BCUT2D eigenvalue weighted by atomic mass is 35.5. The van der Waals surface area contributed by atoms with Gasteiger partial charge in [0.15, 0.2) is 5.13 Å². The van der Waals surface area contributed by atoms with Crippen LogP contribution in [0.15, 0.2) is 5.38 Å². The standard InChI is InChI=1S/C11H19ClN4S/c1-14(2)3-4-15-5-7-16(8-6-15)11-13-10(12)9-17-11/h9H,3-8H2,1-2H3. The molecule has 0 aliphatic carbocycles. The maximum atomic E-state index is 5.85. The largest absolute Gasteiger partial charge is 0.345 e. The first-order chi connectivity index (χ1) is 8.15. The summed E-state index contributed by atoms with van der Waals surface area (Å²) in [5, 5.41) is 3.57. The number of aromatic nitrogens is 1. The number of thiazole rings is 1. The smallest absolute Gasteiger partial charge is 0.186 e. The average molecular weight is 275 g/mol. The lowest BCUT2D eigenvalue weighted by molar-refractivity contribution is 0.229. The fourth-order valence-corrected chi connectivity index (χ4v) is 2.90. The number of nitrogens with zero attached hydrogens (tertiary/aromatic N) is 4. The highest BCUT2D eigenvalue weighted by molar-refractivity contribution is 7.14. The van der Waals surface area contributed by atoms with E-state index in [0.29, 0.717) is 5.15 Å². The summed E-state index contributed by atoms with van der Waals surface area (Å²) in [5.74, 6) is 0. The molecule has 1 aliphatic heterocycles. The quantitative estimate of drug-likeness (QED) is 0.830. The molecule has 1 saturated heterocycles. The molecule has 1 aromatic heterocycles. The van der Waals surface area contributed by atoms with Crippen molar-refractivity contribution in [2.24, 2.45) is 0 Å². The maximum absolute atomic E-state index is 5.85. The summed E-state index contributed by atoms with van der Waals surface area (Å²) in [5.41, 5.74) is 0. The van der Waals surface area contributed by atoms with Gasteiger partial charge in [-0.05, 0) is 14.1 Å². The molecule has 1 aromatic rings. The van der Waals surface area contributed by atoms with Crippen molar-refractivity contribution < 1.29 is 0 Å². The number of piperazine rings is 1. The van der Waals surface area contributed by atoms with Crippen LogP contribution < -0.4 is 4.90 Å². The van der Waals surface area contributed by atoms with E-state index in [2.05, 4.69) is 33.8 Å². The molecule has 2 heterocycles. The lowest BCUT2D eigenvalue weighted by atomic mass is 10.3. The van der Waals surface area contributed by atoms with Crippen LogP contribution >= 0.6 is 22.9 Å². The van der Waals surface area contributed by atoms with Crippen molar-refractivity contribution in [3.63, 3.8) is 0 Å². The van der Waals surface area contributed by atoms with Crippen molar-refractivity contribution in [1.82, 2.24) is 14.8 Å². The molecule has 0 aromatic carbocycles. The molecular weight excluding hydrogens is 256 g/mol. The van der Waals surface area contributed by atoms with Crippen LogP contribution in [0.3, 0.4) is 0 Å². The van der Waals surface area contributed by atoms with E-state index in [0.717, 1.165) is 44.4 Å². The Morgan fingerprint density at radius 3 is 2.59 bits per heavy atom. The molecule has 2 rings (SSSR count). The zero-order valence-corrected chi connectivity index (χ0v) is 12.0. The number of halogens is 1. The second-order valence-electron chi connectivity index (χ2n) is 4.58. The van der Waals surface area contributed by atoms with Crippen LogP contribution in [0.2, 0.25) is 5.15 Å². The normalized spacial score (nSPS) is 18.0. The van der Waals surface area contributed by atoms with Crippen molar-refractivity contribution in [2.45, 2.75) is 0 Å². The minimum atomic E-state index is 0.611. The molecular formula is C11H19ClN4S. The number of hydrogen-bond donors (Lipinski definition) is 0. The lowest BCUT2D eigenvalue weighted by Gasteiger charge is -2.34. The Morgan fingerprint density at radius 2 is 2.06 bits per heavy atom. The van der Waals surface area contributed by atoms with Gasteiger partial charge >= 0.3 is 0 Å². The van der Waals surface area contributed by atoms with Crippen molar-refractivity contribution in [3.8, 4) is 0 Å². The van der Waals surface area contributed by atoms with Gasteiger partial charge in [-0.3, -0.25) is 4.90 Å². The van der Waals surface area contributed by atoms with Gasteiger partial charge in [-0.25, -0.2) is 4.98 Å². The second kappa shape index (κ2) is 6.00. The van der Waals surface area contributed by atoms with E-state index in [1.807, 2.05) is 5.38 Å². The molecule has 0 N–H and O–H groups in total. The Kier molecular flexibility index (Phi) is 4.62. The summed E-state index contributed by atoms with van der Waals surface area (Å²) in [6.07, 6.45) is 0. The fraction of sp³-hybridized carbons (Fsp3) is 0.727. The van der Waals surface area contributed by atoms with E-state index in [1.165, 1.54) is 0 Å². The third-order valence-electron chi connectivity index (χ3n) is 2.97. The van der Waals surface area contributed by atoms with Crippen LogP contribution in [0.25, 0.3) is 0 Å². The summed E-state index contributed by atoms with van der Waals surface area (Å²) < 4.78 is 0.